The minimum absolute atomic E-state index is 0.513. The van der Waals surface area contributed by atoms with E-state index < -0.39 is 5.95 Å². The molecule has 0 saturated heterocycles. The van der Waals surface area contributed by atoms with Crippen molar-refractivity contribution in [3.8, 4) is 11.3 Å². The first-order chi connectivity index (χ1) is 6.75. The number of nitrogens with two attached hydrogens (primary N) is 1. The van der Waals surface area contributed by atoms with E-state index in [4.69, 9.17) is 5.73 Å². The largest absolute Gasteiger partial charge is 0.397 e. The molecule has 0 unspecified atom stereocenters. The molecule has 2 N–H and O–H groups in total. The van der Waals surface area contributed by atoms with E-state index in [1.165, 1.54) is 18.5 Å². The molecule has 0 aliphatic carbocycles. The average Bonchev–Trinajstić information content (AvgIpc) is 2.19. The maximum atomic E-state index is 12.8. The number of nitrogen functional groups attached to an aromatic ring is 1. The summed E-state index contributed by atoms with van der Waals surface area (Å²) in [7, 11) is 0. The fourth-order valence-corrected chi connectivity index (χ4v) is 1.14. The van der Waals surface area contributed by atoms with E-state index in [-0.39, 0.29) is 0 Å². The molecule has 0 spiro atoms. The van der Waals surface area contributed by atoms with E-state index >= 15 is 0 Å². The van der Waals surface area contributed by atoms with Crippen LogP contribution >= 0.6 is 0 Å². The standard InChI is InChI=1S/C10H8FN3/c11-10-5-7(3-4-13-10)9-2-1-8(12)6-14-9/h1-6H,12H2. The SMILES string of the molecule is Nc1ccc(-c2ccnc(F)c2)nc1. The molecule has 2 rings (SSSR count). The Labute approximate surface area is 80.4 Å². The fourth-order valence-electron chi connectivity index (χ4n) is 1.14. The summed E-state index contributed by atoms with van der Waals surface area (Å²) in [5.41, 5.74) is 7.45. The summed E-state index contributed by atoms with van der Waals surface area (Å²) in [6, 6.07) is 6.49. The Balaban J connectivity index is 2.44. The van der Waals surface area contributed by atoms with Crippen molar-refractivity contribution >= 4 is 5.69 Å². The summed E-state index contributed by atoms with van der Waals surface area (Å²) in [5.74, 6) is -0.513. The van der Waals surface area contributed by atoms with Crippen LogP contribution < -0.4 is 5.73 Å². The molecule has 0 saturated carbocycles. The van der Waals surface area contributed by atoms with Crippen molar-refractivity contribution in [2.75, 3.05) is 5.73 Å². The molecule has 0 aliphatic rings. The summed E-state index contributed by atoms with van der Waals surface area (Å²) in [6.07, 6.45) is 2.94. The molecule has 0 atom stereocenters. The summed E-state index contributed by atoms with van der Waals surface area (Å²) in [4.78, 5) is 7.53. The molecule has 14 heavy (non-hydrogen) atoms. The molecule has 2 aromatic heterocycles. The van der Waals surface area contributed by atoms with Crippen LogP contribution in [0.2, 0.25) is 0 Å². The third kappa shape index (κ3) is 1.69. The van der Waals surface area contributed by atoms with E-state index in [9.17, 15) is 4.39 Å². The summed E-state index contributed by atoms with van der Waals surface area (Å²) < 4.78 is 12.8. The second-order valence-corrected chi connectivity index (χ2v) is 2.84. The first kappa shape index (κ1) is 8.62. The molecule has 0 radical (unpaired) electrons. The number of aromatic nitrogens is 2. The minimum Gasteiger partial charge on any atom is -0.397 e. The first-order valence-electron chi connectivity index (χ1n) is 4.09. The molecule has 0 bridgehead atoms. The Morgan fingerprint density at radius 3 is 2.64 bits per heavy atom. The summed E-state index contributed by atoms with van der Waals surface area (Å²) in [5, 5.41) is 0. The van der Waals surface area contributed by atoms with Gasteiger partial charge in [-0.1, -0.05) is 0 Å². The molecule has 2 heterocycles. The van der Waals surface area contributed by atoms with Gasteiger partial charge in [-0.2, -0.15) is 4.39 Å². The van der Waals surface area contributed by atoms with Crippen LogP contribution in [0.4, 0.5) is 10.1 Å². The van der Waals surface area contributed by atoms with E-state index in [1.807, 2.05) is 0 Å². The Kier molecular flexibility index (Phi) is 2.10. The van der Waals surface area contributed by atoms with Crippen molar-refractivity contribution in [2.45, 2.75) is 0 Å². The topological polar surface area (TPSA) is 51.8 Å². The maximum absolute atomic E-state index is 12.8. The molecule has 3 nitrogen and oxygen atoms in total. The normalized spacial score (nSPS) is 10.1. The van der Waals surface area contributed by atoms with Gasteiger partial charge in [-0.05, 0) is 18.2 Å². The predicted octanol–water partition coefficient (Wildman–Crippen LogP) is 1.86. The molecule has 0 aliphatic heterocycles. The Bertz CT molecular complexity index is 439. The number of halogens is 1. The quantitative estimate of drug-likeness (QED) is 0.696. The lowest BCUT2D eigenvalue weighted by Gasteiger charge is -2.00. The Morgan fingerprint density at radius 1 is 1.14 bits per heavy atom. The van der Waals surface area contributed by atoms with Crippen molar-refractivity contribution in [3.05, 3.63) is 42.6 Å². The van der Waals surface area contributed by atoms with Crippen LogP contribution in [0.5, 0.6) is 0 Å². The molecule has 4 heteroatoms. The highest BCUT2D eigenvalue weighted by Gasteiger charge is 2.00. The number of hydrogen-bond donors (Lipinski definition) is 1. The minimum atomic E-state index is -0.513. The molecule has 2 aromatic rings. The molecule has 0 amide bonds. The number of anilines is 1. The smallest absolute Gasteiger partial charge is 0.213 e. The zero-order chi connectivity index (χ0) is 9.97. The molecule has 70 valence electrons. The maximum Gasteiger partial charge on any atom is 0.213 e. The second kappa shape index (κ2) is 3.41. The van der Waals surface area contributed by atoms with Crippen LogP contribution in [0.15, 0.2) is 36.7 Å². The van der Waals surface area contributed by atoms with Gasteiger partial charge < -0.3 is 5.73 Å². The number of nitrogens with zero attached hydrogens (tertiary/aromatic N) is 2. The van der Waals surface area contributed by atoms with E-state index in [0.29, 0.717) is 16.9 Å². The summed E-state index contributed by atoms with van der Waals surface area (Å²) in [6.45, 7) is 0. The molecular weight excluding hydrogens is 181 g/mol. The van der Waals surface area contributed by atoms with Crippen molar-refractivity contribution in [3.63, 3.8) is 0 Å². The zero-order valence-corrected chi connectivity index (χ0v) is 7.31. The van der Waals surface area contributed by atoms with Crippen LogP contribution in [-0.4, -0.2) is 9.97 Å². The van der Waals surface area contributed by atoms with E-state index in [1.54, 1.807) is 18.2 Å². The third-order valence-electron chi connectivity index (χ3n) is 1.81. The Hall–Kier alpha value is -1.97. The Morgan fingerprint density at radius 2 is 2.00 bits per heavy atom. The monoisotopic (exact) mass is 189 g/mol. The highest BCUT2D eigenvalue weighted by molar-refractivity contribution is 5.59. The number of rotatable bonds is 1. The number of pyridine rings is 2. The second-order valence-electron chi connectivity index (χ2n) is 2.84. The van der Waals surface area contributed by atoms with Crippen LogP contribution in [0.1, 0.15) is 0 Å². The van der Waals surface area contributed by atoms with Gasteiger partial charge >= 0.3 is 0 Å². The van der Waals surface area contributed by atoms with Crippen LogP contribution in [0.3, 0.4) is 0 Å². The van der Waals surface area contributed by atoms with Gasteiger partial charge in [-0.25, -0.2) is 4.98 Å². The van der Waals surface area contributed by atoms with Crippen LogP contribution in [-0.2, 0) is 0 Å². The van der Waals surface area contributed by atoms with Gasteiger partial charge in [0.15, 0.2) is 0 Å². The van der Waals surface area contributed by atoms with Crippen molar-refractivity contribution in [2.24, 2.45) is 0 Å². The van der Waals surface area contributed by atoms with Gasteiger partial charge in [0.05, 0.1) is 17.6 Å². The molecular formula is C10H8FN3. The van der Waals surface area contributed by atoms with Gasteiger partial charge in [0, 0.05) is 17.8 Å². The van der Waals surface area contributed by atoms with E-state index in [2.05, 4.69) is 9.97 Å². The van der Waals surface area contributed by atoms with Crippen molar-refractivity contribution in [1.82, 2.24) is 9.97 Å². The zero-order valence-electron chi connectivity index (χ0n) is 7.31. The third-order valence-corrected chi connectivity index (χ3v) is 1.81. The predicted molar refractivity (Wildman–Crippen MR) is 51.8 cm³/mol. The average molecular weight is 189 g/mol. The highest BCUT2D eigenvalue weighted by atomic mass is 19.1. The highest BCUT2D eigenvalue weighted by Crippen LogP contribution is 2.16. The lowest BCUT2D eigenvalue weighted by molar-refractivity contribution is 0.584. The molecule has 0 aromatic carbocycles. The van der Waals surface area contributed by atoms with Crippen molar-refractivity contribution < 1.29 is 4.39 Å². The van der Waals surface area contributed by atoms with E-state index in [0.717, 1.165) is 0 Å². The fraction of sp³-hybridized carbons (Fsp3) is 0. The van der Waals surface area contributed by atoms with Crippen LogP contribution in [0, 0.1) is 5.95 Å². The van der Waals surface area contributed by atoms with Gasteiger partial charge in [0.1, 0.15) is 0 Å². The first-order valence-corrected chi connectivity index (χ1v) is 4.09. The van der Waals surface area contributed by atoms with Gasteiger partial charge in [-0.3, -0.25) is 4.98 Å². The molecule has 0 fully saturated rings. The lowest BCUT2D eigenvalue weighted by atomic mass is 10.2. The van der Waals surface area contributed by atoms with Gasteiger partial charge in [0.2, 0.25) is 5.95 Å². The van der Waals surface area contributed by atoms with Crippen LogP contribution in [0.25, 0.3) is 11.3 Å². The number of hydrogen-bond acceptors (Lipinski definition) is 3. The summed E-state index contributed by atoms with van der Waals surface area (Å²) >= 11 is 0. The van der Waals surface area contributed by atoms with Crippen molar-refractivity contribution in [1.29, 1.82) is 0 Å². The van der Waals surface area contributed by atoms with Gasteiger partial charge in [0.25, 0.3) is 0 Å². The lowest BCUT2D eigenvalue weighted by Crippen LogP contribution is -1.89. The van der Waals surface area contributed by atoms with Gasteiger partial charge in [-0.15, -0.1) is 0 Å².